The van der Waals surface area contributed by atoms with Crippen molar-refractivity contribution < 1.29 is 19.1 Å². The summed E-state index contributed by atoms with van der Waals surface area (Å²) >= 11 is 0. The van der Waals surface area contributed by atoms with Crippen LogP contribution in [0, 0.1) is 11.3 Å². The average Bonchev–Trinajstić information content (AvgIpc) is 2.62. The number of esters is 2. The minimum Gasteiger partial charge on any atom is -0.465 e. The van der Waals surface area contributed by atoms with Gasteiger partial charge in [0.15, 0.2) is 5.41 Å². The predicted molar refractivity (Wildman–Crippen MR) is 58.7 cm³/mol. The van der Waals surface area contributed by atoms with Crippen molar-refractivity contribution in [3.63, 3.8) is 0 Å². The van der Waals surface area contributed by atoms with Crippen LogP contribution < -0.4 is 0 Å². The van der Waals surface area contributed by atoms with Crippen LogP contribution in [0.1, 0.15) is 40.0 Å². The Kier molecular flexibility index (Phi) is 4.33. The maximum Gasteiger partial charge on any atom is 0.323 e. The molecule has 1 aliphatic rings. The first-order valence-electron chi connectivity index (χ1n) is 5.94. The second-order valence-electron chi connectivity index (χ2n) is 4.21. The summed E-state index contributed by atoms with van der Waals surface area (Å²) in [4.78, 5) is 23.9. The van der Waals surface area contributed by atoms with E-state index in [1.54, 1.807) is 13.8 Å². The third-order valence-electron chi connectivity index (χ3n) is 3.33. The van der Waals surface area contributed by atoms with Crippen LogP contribution in [-0.2, 0) is 19.1 Å². The SMILES string of the molecule is CCOC(=O)C1(C(=O)OCC)CCCC1C. The summed E-state index contributed by atoms with van der Waals surface area (Å²) in [6.07, 6.45) is 2.29. The molecule has 0 spiro atoms. The van der Waals surface area contributed by atoms with Crippen LogP contribution in [0.4, 0.5) is 0 Å². The Balaban J connectivity index is 2.92. The van der Waals surface area contributed by atoms with Crippen molar-refractivity contribution in [3.8, 4) is 0 Å². The van der Waals surface area contributed by atoms with Gasteiger partial charge in [-0.25, -0.2) is 0 Å². The molecule has 1 fully saturated rings. The van der Waals surface area contributed by atoms with Gasteiger partial charge in [0.05, 0.1) is 13.2 Å². The quantitative estimate of drug-likeness (QED) is 0.545. The molecule has 92 valence electrons. The molecule has 0 aromatic rings. The Labute approximate surface area is 96.3 Å². The van der Waals surface area contributed by atoms with Gasteiger partial charge in [-0.1, -0.05) is 13.3 Å². The average molecular weight is 228 g/mol. The summed E-state index contributed by atoms with van der Waals surface area (Å²) in [5.41, 5.74) is -1.05. The maximum absolute atomic E-state index is 12.0. The summed E-state index contributed by atoms with van der Waals surface area (Å²) < 4.78 is 10.1. The number of ether oxygens (including phenoxy) is 2. The van der Waals surface area contributed by atoms with Gasteiger partial charge in [0.1, 0.15) is 0 Å². The Bertz CT molecular complexity index is 254. The molecule has 0 aromatic heterocycles. The lowest BCUT2D eigenvalue weighted by Crippen LogP contribution is -2.44. The van der Waals surface area contributed by atoms with Crippen molar-refractivity contribution in [2.75, 3.05) is 13.2 Å². The third-order valence-corrected chi connectivity index (χ3v) is 3.33. The van der Waals surface area contributed by atoms with Crippen LogP contribution in [0.25, 0.3) is 0 Å². The van der Waals surface area contributed by atoms with Crippen molar-refractivity contribution in [1.82, 2.24) is 0 Å². The summed E-state index contributed by atoms with van der Waals surface area (Å²) in [6, 6.07) is 0. The van der Waals surface area contributed by atoms with Gasteiger partial charge in [-0.3, -0.25) is 9.59 Å². The minimum absolute atomic E-state index is 0.00519. The van der Waals surface area contributed by atoms with Crippen molar-refractivity contribution >= 4 is 11.9 Å². The molecule has 1 aliphatic carbocycles. The highest BCUT2D eigenvalue weighted by atomic mass is 16.6. The first-order valence-corrected chi connectivity index (χ1v) is 5.94. The van der Waals surface area contributed by atoms with Crippen molar-refractivity contribution in [3.05, 3.63) is 0 Å². The molecule has 0 amide bonds. The smallest absolute Gasteiger partial charge is 0.323 e. The molecule has 4 heteroatoms. The number of hydrogen-bond donors (Lipinski definition) is 0. The summed E-state index contributed by atoms with van der Waals surface area (Å²) in [5.74, 6) is -0.831. The van der Waals surface area contributed by atoms with Gasteiger partial charge < -0.3 is 9.47 Å². The van der Waals surface area contributed by atoms with Gasteiger partial charge in [0.2, 0.25) is 0 Å². The molecule has 1 atom stereocenters. The van der Waals surface area contributed by atoms with E-state index in [1.807, 2.05) is 6.92 Å². The molecule has 1 unspecified atom stereocenters. The molecular formula is C12H20O4. The van der Waals surface area contributed by atoms with Gasteiger partial charge in [-0.05, 0) is 32.6 Å². The third kappa shape index (κ3) is 2.06. The largest absolute Gasteiger partial charge is 0.465 e. The molecule has 0 saturated heterocycles. The molecule has 4 nitrogen and oxygen atoms in total. The van der Waals surface area contributed by atoms with E-state index in [1.165, 1.54) is 0 Å². The second-order valence-corrected chi connectivity index (χ2v) is 4.21. The predicted octanol–water partition coefficient (Wildman–Crippen LogP) is 1.92. The Morgan fingerprint density at radius 3 is 2.00 bits per heavy atom. The van der Waals surface area contributed by atoms with Crippen molar-refractivity contribution in [1.29, 1.82) is 0 Å². The van der Waals surface area contributed by atoms with E-state index in [-0.39, 0.29) is 5.92 Å². The van der Waals surface area contributed by atoms with Crippen molar-refractivity contribution in [2.24, 2.45) is 11.3 Å². The highest BCUT2D eigenvalue weighted by Crippen LogP contribution is 2.45. The van der Waals surface area contributed by atoms with Gasteiger partial charge in [-0.15, -0.1) is 0 Å². The lowest BCUT2D eigenvalue weighted by atomic mass is 9.79. The molecule has 1 saturated carbocycles. The van der Waals surface area contributed by atoms with Crippen LogP contribution in [-0.4, -0.2) is 25.2 Å². The van der Waals surface area contributed by atoms with E-state index < -0.39 is 17.4 Å². The fourth-order valence-corrected chi connectivity index (χ4v) is 2.39. The maximum atomic E-state index is 12.0. The molecule has 0 bridgehead atoms. The van der Waals surface area contributed by atoms with Gasteiger partial charge in [0, 0.05) is 0 Å². The number of carbonyl (C=O) groups excluding carboxylic acids is 2. The van der Waals surface area contributed by atoms with Gasteiger partial charge >= 0.3 is 11.9 Å². The molecule has 0 aliphatic heterocycles. The second kappa shape index (κ2) is 5.32. The van der Waals surface area contributed by atoms with Crippen LogP contribution in [0.5, 0.6) is 0 Å². The van der Waals surface area contributed by atoms with Gasteiger partial charge in [0.25, 0.3) is 0 Å². The topological polar surface area (TPSA) is 52.6 Å². The Morgan fingerprint density at radius 2 is 1.69 bits per heavy atom. The summed E-state index contributed by atoms with van der Waals surface area (Å²) in [5, 5.41) is 0. The van der Waals surface area contributed by atoms with Crippen molar-refractivity contribution in [2.45, 2.75) is 40.0 Å². The lowest BCUT2D eigenvalue weighted by molar-refractivity contribution is -0.174. The van der Waals surface area contributed by atoms with E-state index >= 15 is 0 Å². The standard InChI is InChI=1S/C12H20O4/c1-4-15-10(13)12(11(14)16-5-2)8-6-7-9(12)3/h9H,4-8H2,1-3H3. The van der Waals surface area contributed by atoms with E-state index in [2.05, 4.69) is 0 Å². The first-order chi connectivity index (χ1) is 7.59. The molecule has 16 heavy (non-hydrogen) atoms. The molecule has 0 heterocycles. The highest BCUT2D eigenvalue weighted by Gasteiger charge is 2.55. The van der Waals surface area contributed by atoms with Gasteiger partial charge in [-0.2, -0.15) is 0 Å². The number of rotatable bonds is 4. The first kappa shape index (κ1) is 13.0. The lowest BCUT2D eigenvalue weighted by Gasteiger charge is -2.28. The highest BCUT2D eigenvalue weighted by molar-refractivity contribution is 6.00. The summed E-state index contributed by atoms with van der Waals surface area (Å²) in [7, 11) is 0. The Morgan fingerprint density at radius 1 is 1.19 bits per heavy atom. The Hall–Kier alpha value is -1.06. The summed E-state index contributed by atoms with van der Waals surface area (Å²) in [6.45, 7) is 6.01. The fourth-order valence-electron chi connectivity index (χ4n) is 2.39. The molecular weight excluding hydrogens is 208 g/mol. The molecule has 0 N–H and O–H groups in total. The molecule has 0 radical (unpaired) electrons. The molecule has 0 aromatic carbocycles. The van der Waals surface area contributed by atoms with Crippen LogP contribution in [0.3, 0.4) is 0 Å². The normalized spacial score (nSPS) is 22.8. The van der Waals surface area contributed by atoms with E-state index in [9.17, 15) is 9.59 Å². The zero-order valence-electron chi connectivity index (χ0n) is 10.2. The zero-order valence-corrected chi connectivity index (χ0v) is 10.2. The van der Waals surface area contributed by atoms with E-state index in [0.29, 0.717) is 19.6 Å². The number of carbonyl (C=O) groups is 2. The van der Waals surface area contributed by atoms with E-state index in [0.717, 1.165) is 12.8 Å². The van der Waals surface area contributed by atoms with E-state index in [4.69, 9.17) is 9.47 Å². The monoisotopic (exact) mass is 228 g/mol. The van der Waals surface area contributed by atoms with Crippen LogP contribution >= 0.6 is 0 Å². The molecule has 1 rings (SSSR count). The zero-order chi connectivity index (χ0) is 12.2. The van der Waals surface area contributed by atoms with Crippen LogP contribution in [0.2, 0.25) is 0 Å². The number of hydrogen-bond acceptors (Lipinski definition) is 4. The van der Waals surface area contributed by atoms with Crippen LogP contribution in [0.15, 0.2) is 0 Å². The minimum atomic E-state index is -1.05. The fraction of sp³-hybridized carbons (Fsp3) is 0.833.